The number of hydrogen-bond acceptors (Lipinski definition) is 8. The zero-order valence-electron chi connectivity index (χ0n) is 24.4. The van der Waals surface area contributed by atoms with Gasteiger partial charge in [-0.3, -0.25) is 9.59 Å². The number of carbonyl (C=O) groups is 2. The quantitative estimate of drug-likeness (QED) is 0.397. The minimum Gasteiger partial charge on any atom is -0.491 e. The smallest absolute Gasteiger partial charge is 0.258 e. The first-order valence-corrected chi connectivity index (χ1v) is 14.3. The van der Waals surface area contributed by atoms with E-state index in [-0.39, 0.29) is 35.2 Å². The van der Waals surface area contributed by atoms with Crippen LogP contribution in [0.25, 0.3) is 11.3 Å². The van der Waals surface area contributed by atoms with Gasteiger partial charge in [-0.05, 0) is 67.0 Å². The Morgan fingerprint density at radius 1 is 1.16 bits per heavy atom. The molecule has 0 radical (unpaired) electrons. The molecule has 226 valence electrons. The second-order valence-electron chi connectivity index (χ2n) is 10.8. The molecule has 1 aromatic heterocycles. The molecule has 1 saturated heterocycles. The lowest BCUT2D eigenvalue weighted by molar-refractivity contribution is -0.125. The van der Waals surface area contributed by atoms with Gasteiger partial charge in [0.1, 0.15) is 17.8 Å². The van der Waals surface area contributed by atoms with E-state index in [1.54, 1.807) is 12.0 Å². The molecule has 1 atom stereocenters. The van der Waals surface area contributed by atoms with Crippen LogP contribution in [0.4, 0.5) is 15.9 Å². The lowest BCUT2D eigenvalue weighted by atomic mass is 9.93. The molecule has 3 aliphatic rings. The molecule has 11 heteroatoms. The monoisotopic (exact) mass is 589 g/mol. The third-order valence-corrected chi connectivity index (χ3v) is 8.15. The lowest BCUT2D eigenvalue weighted by Crippen LogP contribution is -2.38. The number of aliphatic hydroxyl groups excluding tert-OH is 1. The summed E-state index contributed by atoms with van der Waals surface area (Å²) in [4.78, 5) is 35.8. The largest absolute Gasteiger partial charge is 0.491 e. The van der Waals surface area contributed by atoms with Gasteiger partial charge in [-0.2, -0.15) is 0 Å². The number of ether oxygens (including phenoxy) is 2. The second kappa shape index (κ2) is 12.9. The van der Waals surface area contributed by atoms with Crippen LogP contribution in [0.2, 0.25) is 0 Å². The summed E-state index contributed by atoms with van der Waals surface area (Å²) in [5.41, 5.74) is 10.0. The number of halogens is 1. The maximum absolute atomic E-state index is 14.8. The predicted molar refractivity (Wildman–Crippen MR) is 160 cm³/mol. The average molecular weight is 590 g/mol. The first-order chi connectivity index (χ1) is 20.8. The van der Waals surface area contributed by atoms with Gasteiger partial charge in [0.2, 0.25) is 5.91 Å². The van der Waals surface area contributed by atoms with Crippen LogP contribution in [0.15, 0.2) is 49.3 Å². The first-order valence-electron chi connectivity index (χ1n) is 14.3. The van der Waals surface area contributed by atoms with Crippen molar-refractivity contribution in [2.45, 2.75) is 44.3 Å². The Kier molecular flexibility index (Phi) is 9.02. The fourth-order valence-electron chi connectivity index (χ4n) is 5.68. The van der Waals surface area contributed by atoms with Crippen molar-refractivity contribution in [1.82, 2.24) is 14.9 Å². The third-order valence-electron chi connectivity index (χ3n) is 8.15. The maximum Gasteiger partial charge on any atom is 0.258 e. The number of fused-ring (bicyclic) bond motifs is 1. The van der Waals surface area contributed by atoms with E-state index in [1.165, 1.54) is 55.0 Å². The molecule has 3 aromatic rings. The predicted octanol–water partition coefficient (Wildman–Crippen LogP) is 3.87. The van der Waals surface area contributed by atoms with Gasteiger partial charge in [-0.1, -0.05) is 18.7 Å². The standard InChI is InChI=1S/C24H23FN4O3.C8H13NO2/c1-32-22-21(27-12-28-23(22)26)18-9-16(25)10-20(19(18)11-30)29-7-6-15-8-14(13-2-3-13)4-5-17(15)24(29)31;1-3-8(10)9-5-4-7(6-9)11-2/h4-5,8-10,12-13,30H,2-3,6-7,11H2,1H3,(H2,26,27,28);3,7H,1,4-6H2,2H3. The zero-order chi connectivity index (χ0) is 30.7. The van der Waals surface area contributed by atoms with Crippen LogP contribution in [0, 0.1) is 5.82 Å². The summed E-state index contributed by atoms with van der Waals surface area (Å²) in [6, 6.07) is 8.53. The van der Waals surface area contributed by atoms with Crippen molar-refractivity contribution in [2.24, 2.45) is 0 Å². The van der Waals surface area contributed by atoms with E-state index in [2.05, 4.69) is 22.6 Å². The van der Waals surface area contributed by atoms with Gasteiger partial charge in [0.05, 0.1) is 25.5 Å². The number of methoxy groups -OCH3 is 2. The van der Waals surface area contributed by atoms with Gasteiger partial charge in [0, 0.05) is 43.4 Å². The van der Waals surface area contributed by atoms with E-state index in [0.717, 1.165) is 18.5 Å². The molecular formula is C32H36FN5O5. The molecular weight excluding hydrogens is 553 g/mol. The topological polar surface area (TPSA) is 131 Å². The zero-order valence-corrected chi connectivity index (χ0v) is 24.4. The number of rotatable bonds is 7. The average Bonchev–Trinajstić information content (AvgIpc) is 3.76. The Bertz CT molecular complexity index is 1540. The summed E-state index contributed by atoms with van der Waals surface area (Å²) in [5.74, 6) is 0.117. The van der Waals surface area contributed by atoms with Gasteiger partial charge >= 0.3 is 0 Å². The number of nitrogens with zero attached hydrogens (tertiary/aromatic N) is 4. The Balaban J connectivity index is 0.000000283. The Morgan fingerprint density at radius 3 is 2.60 bits per heavy atom. The van der Waals surface area contributed by atoms with E-state index < -0.39 is 12.4 Å². The van der Waals surface area contributed by atoms with E-state index in [0.29, 0.717) is 47.8 Å². The van der Waals surface area contributed by atoms with Crippen molar-refractivity contribution in [1.29, 1.82) is 0 Å². The number of aromatic nitrogens is 2. The van der Waals surface area contributed by atoms with Crippen molar-refractivity contribution >= 4 is 23.3 Å². The molecule has 6 rings (SSSR count). The summed E-state index contributed by atoms with van der Waals surface area (Å²) >= 11 is 0. The summed E-state index contributed by atoms with van der Waals surface area (Å²) in [6.07, 6.45) is 6.80. The summed E-state index contributed by atoms with van der Waals surface area (Å²) in [6.45, 7) is 4.90. The lowest BCUT2D eigenvalue weighted by Gasteiger charge is -2.31. The molecule has 2 aromatic carbocycles. The van der Waals surface area contributed by atoms with Crippen LogP contribution in [0.5, 0.6) is 5.75 Å². The molecule has 2 aliphatic heterocycles. The molecule has 3 N–H and O–H groups in total. The van der Waals surface area contributed by atoms with E-state index in [1.807, 2.05) is 12.1 Å². The highest BCUT2D eigenvalue weighted by Gasteiger charge is 2.31. The van der Waals surface area contributed by atoms with Crippen molar-refractivity contribution in [2.75, 3.05) is 44.5 Å². The molecule has 0 bridgehead atoms. The van der Waals surface area contributed by atoms with Crippen molar-refractivity contribution in [3.63, 3.8) is 0 Å². The Labute approximate surface area is 249 Å². The molecule has 1 saturated carbocycles. The number of benzene rings is 2. The number of carbonyl (C=O) groups excluding carboxylic acids is 2. The highest BCUT2D eigenvalue weighted by atomic mass is 19.1. The summed E-state index contributed by atoms with van der Waals surface area (Å²) in [7, 11) is 3.09. The minimum atomic E-state index is -0.561. The first kappa shape index (κ1) is 30.1. The van der Waals surface area contributed by atoms with Crippen molar-refractivity contribution < 1.29 is 28.6 Å². The summed E-state index contributed by atoms with van der Waals surface area (Å²) < 4.78 is 25.2. The van der Waals surface area contributed by atoms with Crippen LogP contribution in [0.3, 0.4) is 0 Å². The third kappa shape index (κ3) is 6.23. The van der Waals surface area contributed by atoms with Gasteiger partial charge < -0.3 is 30.1 Å². The van der Waals surface area contributed by atoms with Crippen LogP contribution in [0.1, 0.15) is 52.2 Å². The normalized spacial score (nSPS) is 17.7. The molecule has 1 unspecified atom stereocenters. The van der Waals surface area contributed by atoms with Crippen molar-refractivity contribution in [3.8, 4) is 17.0 Å². The molecule has 0 spiro atoms. The number of nitrogens with two attached hydrogens (primary N) is 1. The highest BCUT2D eigenvalue weighted by Crippen LogP contribution is 2.42. The van der Waals surface area contributed by atoms with Crippen molar-refractivity contribution in [3.05, 3.63) is 77.4 Å². The molecule has 2 fully saturated rings. The SMILES string of the molecule is C=CC(=O)N1CCC(OC)C1.COc1c(N)ncnc1-c1cc(F)cc(N2CCc3cc(C4CC4)ccc3C2=O)c1CO. The summed E-state index contributed by atoms with van der Waals surface area (Å²) in [5, 5.41) is 10.2. The molecule has 10 nitrogen and oxygen atoms in total. The van der Waals surface area contributed by atoms with Gasteiger partial charge in [0.25, 0.3) is 5.91 Å². The molecule has 1 aliphatic carbocycles. The highest BCUT2D eigenvalue weighted by molar-refractivity contribution is 6.09. The number of aliphatic hydroxyl groups is 1. The number of hydrogen-bond donors (Lipinski definition) is 2. The maximum atomic E-state index is 14.8. The van der Waals surface area contributed by atoms with Gasteiger partial charge in [-0.15, -0.1) is 0 Å². The molecule has 43 heavy (non-hydrogen) atoms. The molecule has 3 heterocycles. The number of nitrogen functional groups attached to an aromatic ring is 1. The fourth-order valence-corrected chi connectivity index (χ4v) is 5.68. The van der Waals surface area contributed by atoms with Crippen LogP contribution >= 0.6 is 0 Å². The van der Waals surface area contributed by atoms with E-state index in [4.69, 9.17) is 15.2 Å². The van der Waals surface area contributed by atoms with Gasteiger partial charge in [0.15, 0.2) is 11.6 Å². The van der Waals surface area contributed by atoms with Crippen LogP contribution < -0.4 is 15.4 Å². The number of likely N-dealkylation sites (tertiary alicyclic amines) is 1. The van der Waals surface area contributed by atoms with Crippen LogP contribution in [-0.2, 0) is 22.6 Å². The Morgan fingerprint density at radius 2 is 1.95 bits per heavy atom. The van der Waals surface area contributed by atoms with Gasteiger partial charge in [-0.25, -0.2) is 14.4 Å². The second-order valence-corrected chi connectivity index (χ2v) is 10.8. The number of amides is 2. The number of anilines is 2. The van der Waals surface area contributed by atoms with Crippen LogP contribution in [-0.4, -0.2) is 71.7 Å². The molecule has 2 amide bonds. The van der Waals surface area contributed by atoms with E-state index >= 15 is 0 Å². The fraction of sp³-hybridized carbons (Fsp3) is 0.375. The minimum absolute atomic E-state index is 0.00421. The van der Waals surface area contributed by atoms with E-state index in [9.17, 15) is 19.1 Å². The Hall–Kier alpha value is -4.35.